The molecule has 0 amide bonds. The minimum atomic E-state index is -4.02. The molecule has 33 heavy (non-hydrogen) atoms. The number of ether oxygens (including phenoxy) is 1. The van der Waals surface area contributed by atoms with Gasteiger partial charge in [0.15, 0.2) is 0 Å². The molecule has 0 saturated heterocycles. The van der Waals surface area contributed by atoms with Gasteiger partial charge in [-0.1, -0.05) is 12.1 Å². The van der Waals surface area contributed by atoms with Crippen LogP contribution in [0.4, 0.5) is 10.1 Å². The highest BCUT2D eigenvalue weighted by atomic mass is 32.2. The molecule has 10 heteroatoms. The second-order valence-electron chi connectivity index (χ2n) is 7.19. The lowest BCUT2D eigenvalue weighted by Crippen LogP contribution is -2.17. The van der Waals surface area contributed by atoms with Crippen LogP contribution in [0.2, 0.25) is 0 Å². The number of sulfonamides is 1. The summed E-state index contributed by atoms with van der Waals surface area (Å²) < 4.78 is 47.3. The molecule has 2 aromatic carbocycles. The summed E-state index contributed by atoms with van der Waals surface area (Å²) in [6, 6.07) is 14.9. The lowest BCUT2D eigenvalue weighted by atomic mass is 10.2. The number of fused-ring (bicyclic) bond motifs is 1. The zero-order chi connectivity index (χ0) is 23.6. The number of hydrogen-bond acceptors (Lipinski definition) is 6. The van der Waals surface area contributed by atoms with Crippen LogP contribution in [0.1, 0.15) is 21.6 Å². The summed E-state index contributed by atoms with van der Waals surface area (Å²) in [5.74, 6) is -1.28. The number of hydrogen-bond donors (Lipinski definition) is 1. The Kier molecular flexibility index (Phi) is 5.93. The summed E-state index contributed by atoms with van der Waals surface area (Å²) in [5, 5.41) is 0. The molecule has 8 nitrogen and oxygen atoms in total. The number of benzene rings is 2. The van der Waals surface area contributed by atoms with Crippen LogP contribution in [0.3, 0.4) is 0 Å². The fraction of sp³-hybridized carbons (Fsp3) is 0.0870. The van der Waals surface area contributed by atoms with Crippen molar-refractivity contribution in [1.29, 1.82) is 0 Å². The van der Waals surface area contributed by atoms with Crippen molar-refractivity contribution in [3.8, 4) is 0 Å². The first-order valence-corrected chi connectivity index (χ1v) is 11.2. The molecule has 168 valence electrons. The Morgan fingerprint density at radius 2 is 1.85 bits per heavy atom. The van der Waals surface area contributed by atoms with Crippen LogP contribution in [0.5, 0.6) is 0 Å². The maximum Gasteiger partial charge on any atom is 0.338 e. The van der Waals surface area contributed by atoms with Gasteiger partial charge in [-0.25, -0.2) is 22.6 Å². The predicted octanol–water partition coefficient (Wildman–Crippen LogP) is 3.30. The van der Waals surface area contributed by atoms with Crippen molar-refractivity contribution in [3.63, 3.8) is 0 Å². The molecule has 2 aromatic heterocycles. The first-order valence-electron chi connectivity index (χ1n) is 9.76. The smallest absolute Gasteiger partial charge is 0.338 e. The third-order valence-electron chi connectivity index (χ3n) is 4.77. The van der Waals surface area contributed by atoms with Gasteiger partial charge in [0.25, 0.3) is 15.6 Å². The van der Waals surface area contributed by atoms with E-state index in [9.17, 15) is 22.4 Å². The van der Waals surface area contributed by atoms with E-state index in [0.717, 1.165) is 17.7 Å². The van der Waals surface area contributed by atoms with Crippen molar-refractivity contribution in [2.45, 2.75) is 18.4 Å². The van der Waals surface area contributed by atoms with Crippen LogP contribution in [0.25, 0.3) is 5.65 Å². The van der Waals surface area contributed by atoms with Crippen molar-refractivity contribution in [2.75, 3.05) is 4.72 Å². The average Bonchev–Trinajstić information content (AvgIpc) is 2.80. The van der Waals surface area contributed by atoms with Crippen LogP contribution < -0.4 is 10.3 Å². The molecular formula is C23H18FN3O5S. The maximum absolute atomic E-state index is 13.0. The van der Waals surface area contributed by atoms with Gasteiger partial charge < -0.3 is 4.74 Å². The van der Waals surface area contributed by atoms with E-state index in [4.69, 9.17) is 4.74 Å². The first-order chi connectivity index (χ1) is 15.7. The minimum absolute atomic E-state index is 0.00525. The second kappa shape index (κ2) is 8.83. The highest BCUT2D eigenvalue weighted by Gasteiger charge is 2.18. The largest absolute Gasteiger partial charge is 0.456 e. The monoisotopic (exact) mass is 467 g/mol. The zero-order valence-corrected chi connectivity index (χ0v) is 18.2. The SMILES string of the molecule is Cc1cccn2c(=O)cc(COC(=O)c3cccc(S(=O)(=O)Nc4ccc(F)cc4)c3)nc12. The van der Waals surface area contributed by atoms with Gasteiger partial charge in [0.05, 0.1) is 16.2 Å². The summed E-state index contributed by atoms with van der Waals surface area (Å²) in [5.41, 5.74) is 1.38. The van der Waals surface area contributed by atoms with E-state index in [1.165, 1.54) is 46.9 Å². The molecule has 0 bridgehead atoms. The molecule has 0 aliphatic carbocycles. The van der Waals surface area contributed by atoms with Crippen LogP contribution in [-0.4, -0.2) is 23.8 Å². The number of carbonyl (C=O) groups is 1. The van der Waals surface area contributed by atoms with Gasteiger partial charge in [0.2, 0.25) is 0 Å². The summed E-state index contributed by atoms with van der Waals surface area (Å²) in [7, 11) is -4.02. The van der Waals surface area contributed by atoms with Crippen LogP contribution >= 0.6 is 0 Å². The van der Waals surface area contributed by atoms with E-state index in [2.05, 4.69) is 9.71 Å². The maximum atomic E-state index is 13.0. The Hall–Kier alpha value is -4.05. The van der Waals surface area contributed by atoms with Gasteiger partial charge in [-0.05, 0) is 61.0 Å². The molecule has 0 unspecified atom stereocenters. The third-order valence-corrected chi connectivity index (χ3v) is 6.15. The minimum Gasteiger partial charge on any atom is -0.456 e. The normalized spacial score (nSPS) is 11.3. The molecule has 4 rings (SSSR count). The van der Waals surface area contributed by atoms with Gasteiger partial charge in [0.1, 0.15) is 18.1 Å². The van der Waals surface area contributed by atoms with Gasteiger partial charge in [-0.15, -0.1) is 0 Å². The second-order valence-corrected chi connectivity index (χ2v) is 8.87. The van der Waals surface area contributed by atoms with E-state index in [1.807, 2.05) is 13.0 Å². The highest BCUT2D eigenvalue weighted by molar-refractivity contribution is 7.92. The van der Waals surface area contributed by atoms with Gasteiger partial charge in [0, 0.05) is 18.0 Å². The van der Waals surface area contributed by atoms with E-state index in [-0.39, 0.29) is 34.0 Å². The fourth-order valence-corrected chi connectivity index (χ4v) is 4.23. The molecular weight excluding hydrogens is 449 g/mol. The Morgan fingerprint density at radius 3 is 2.61 bits per heavy atom. The molecule has 0 aliphatic heterocycles. The molecule has 0 spiro atoms. The van der Waals surface area contributed by atoms with Gasteiger partial charge in [-0.2, -0.15) is 0 Å². The van der Waals surface area contributed by atoms with Crippen molar-refractivity contribution < 1.29 is 22.3 Å². The molecule has 4 aromatic rings. The first kappa shape index (κ1) is 22.2. The van der Waals surface area contributed by atoms with E-state index >= 15 is 0 Å². The molecule has 0 radical (unpaired) electrons. The number of pyridine rings is 1. The molecule has 0 atom stereocenters. The Labute approximate surface area is 188 Å². The van der Waals surface area contributed by atoms with Crippen LogP contribution in [0, 0.1) is 12.7 Å². The van der Waals surface area contributed by atoms with Crippen molar-refractivity contribution in [3.05, 3.63) is 106 Å². The predicted molar refractivity (Wildman–Crippen MR) is 119 cm³/mol. The fourth-order valence-electron chi connectivity index (χ4n) is 3.13. The quantitative estimate of drug-likeness (QED) is 0.436. The van der Waals surface area contributed by atoms with Crippen LogP contribution in [0.15, 0.2) is 82.6 Å². The topological polar surface area (TPSA) is 107 Å². The number of carbonyl (C=O) groups excluding carboxylic acids is 1. The van der Waals surface area contributed by atoms with Gasteiger partial charge in [-0.3, -0.25) is 13.9 Å². The third kappa shape index (κ3) is 4.90. The lowest BCUT2D eigenvalue weighted by Gasteiger charge is -2.10. The molecule has 2 heterocycles. The number of rotatable bonds is 6. The van der Waals surface area contributed by atoms with Crippen molar-refractivity contribution >= 4 is 27.3 Å². The Balaban J connectivity index is 1.51. The molecule has 1 N–H and O–H groups in total. The summed E-state index contributed by atoms with van der Waals surface area (Å²) in [4.78, 5) is 29.0. The summed E-state index contributed by atoms with van der Waals surface area (Å²) in [6.45, 7) is 1.55. The van der Waals surface area contributed by atoms with E-state index in [1.54, 1.807) is 12.3 Å². The zero-order valence-electron chi connectivity index (χ0n) is 17.4. The lowest BCUT2D eigenvalue weighted by molar-refractivity contribution is 0.0467. The number of nitrogens with zero attached hydrogens (tertiary/aromatic N) is 2. The summed E-state index contributed by atoms with van der Waals surface area (Å²) >= 11 is 0. The van der Waals surface area contributed by atoms with Gasteiger partial charge >= 0.3 is 5.97 Å². The number of esters is 1. The van der Waals surface area contributed by atoms with E-state index < -0.39 is 21.8 Å². The number of nitrogens with one attached hydrogen (secondary N) is 1. The van der Waals surface area contributed by atoms with E-state index in [0.29, 0.717) is 5.65 Å². The number of anilines is 1. The average molecular weight is 467 g/mol. The summed E-state index contributed by atoms with van der Waals surface area (Å²) in [6.07, 6.45) is 1.60. The molecule has 0 fully saturated rings. The van der Waals surface area contributed by atoms with Crippen molar-refractivity contribution in [1.82, 2.24) is 9.38 Å². The number of aryl methyl sites for hydroxylation is 1. The van der Waals surface area contributed by atoms with Crippen LogP contribution in [-0.2, 0) is 21.4 Å². The van der Waals surface area contributed by atoms with Crippen molar-refractivity contribution in [2.24, 2.45) is 0 Å². The number of aromatic nitrogens is 2. The molecule has 0 saturated carbocycles. The standard InChI is InChI=1S/C23H18FN3O5S/c1-15-4-3-11-27-21(28)13-19(25-22(15)27)14-32-23(29)16-5-2-6-20(12-16)33(30,31)26-18-9-7-17(24)8-10-18/h2-13,26H,14H2,1H3. The Bertz CT molecular complexity index is 1520. The highest BCUT2D eigenvalue weighted by Crippen LogP contribution is 2.18. The molecule has 0 aliphatic rings. The number of halogens is 1. The Morgan fingerprint density at radius 1 is 1.09 bits per heavy atom.